The van der Waals surface area contributed by atoms with E-state index in [4.69, 9.17) is 9.97 Å². The Kier molecular flexibility index (Phi) is 5.73. The molecule has 4 heterocycles. The first-order valence-electron chi connectivity index (χ1n) is 15.2. The molecule has 9 rings (SSSR count). The lowest BCUT2D eigenvalue weighted by molar-refractivity contribution is 0.993. The Bertz CT molecular complexity index is 2710. The van der Waals surface area contributed by atoms with Crippen LogP contribution >= 0.6 is 0 Å². The molecule has 0 aliphatic rings. The minimum Gasteiger partial charge on any atom is -0.309 e. The number of para-hydroxylation sites is 3. The maximum absolute atomic E-state index is 4.84. The Hall–Kier alpha value is -6.34. The molecule has 0 atom stereocenters. The zero-order valence-electron chi connectivity index (χ0n) is 25.0. The predicted molar refractivity (Wildman–Crippen MR) is 191 cm³/mol. The summed E-state index contributed by atoms with van der Waals surface area (Å²) in [4.78, 5) is 18.9. The van der Waals surface area contributed by atoms with Gasteiger partial charge in [-0.25, -0.2) is 15.0 Å². The van der Waals surface area contributed by atoms with Crippen LogP contribution in [-0.2, 0) is 0 Å². The van der Waals surface area contributed by atoms with E-state index in [1.807, 2.05) is 18.5 Å². The lowest BCUT2D eigenvalue weighted by Crippen LogP contribution is -2.09. The van der Waals surface area contributed by atoms with Crippen molar-refractivity contribution < 1.29 is 0 Å². The summed E-state index contributed by atoms with van der Waals surface area (Å²) in [6, 6.07) is 38.3. The summed E-state index contributed by atoms with van der Waals surface area (Å²) in [6.07, 6.45) is 6.96. The second-order valence-corrected chi connectivity index (χ2v) is 11.2. The summed E-state index contributed by atoms with van der Waals surface area (Å²) in [5.74, 6) is 1.20. The minimum atomic E-state index is 0.581. The highest BCUT2D eigenvalue weighted by atomic mass is 15.2. The first kappa shape index (κ1) is 26.1. The predicted octanol–water partition coefficient (Wildman–Crippen LogP) is 8.87. The molecule has 0 aliphatic carbocycles. The SMILES string of the molecule is C=C/C=N\C(=NC)n1c2ccccc2c2c1ccc1c3ccc4c(c5ccccc5n4-c4ccccc4)c3n(-c3ncccn3)c12. The third-order valence-corrected chi connectivity index (χ3v) is 8.82. The largest absolute Gasteiger partial charge is 0.309 e. The topological polar surface area (TPSA) is 65.3 Å². The summed E-state index contributed by atoms with van der Waals surface area (Å²) in [5, 5.41) is 6.78. The molecule has 0 saturated carbocycles. The van der Waals surface area contributed by atoms with Crippen LogP contribution in [0.4, 0.5) is 0 Å². The molecule has 0 N–H and O–H groups in total. The van der Waals surface area contributed by atoms with Crippen molar-refractivity contribution in [3.8, 4) is 11.6 Å². The number of fused-ring (bicyclic) bond motifs is 11. The lowest BCUT2D eigenvalue weighted by atomic mass is 10.1. The lowest BCUT2D eigenvalue weighted by Gasteiger charge is -2.09. The van der Waals surface area contributed by atoms with Crippen molar-refractivity contribution in [2.75, 3.05) is 7.05 Å². The van der Waals surface area contributed by atoms with Gasteiger partial charge in [-0.05, 0) is 42.5 Å². The van der Waals surface area contributed by atoms with Gasteiger partial charge in [-0.1, -0.05) is 79.4 Å². The second-order valence-electron chi connectivity index (χ2n) is 11.2. The van der Waals surface area contributed by atoms with E-state index in [1.165, 1.54) is 5.39 Å². The van der Waals surface area contributed by atoms with Crippen molar-refractivity contribution in [1.29, 1.82) is 0 Å². The van der Waals surface area contributed by atoms with E-state index in [9.17, 15) is 0 Å². The van der Waals surface area contributed by atoms with Crippen LogP contribution < -0.4 is 0 Å². The van der Waals surface area contributed by atoms with Gasteiger partial charge in [-0.3, -0.25) is 14.1 Å². The molecule has 0 radical (unpaired) electrons. The van der Waals surface area contributed by atoms with Crippen molar-refractivity contribution >= 4 is 77.6 Å². The number of aromatic nitrogens is 5. The molecule has 0 aliphatic heterocycles. The van der Waals surface area contributed by atoms with Gasteiger partial charge in [0.1, 0.15) is 0 Å². The molecule has 7 heteroatoms. The summed E-state index contributed by atoms with van der Waals surface area (Å²) < 4.78 is 6.72. The molecule has 5 aromatic carbocycles. The van der Waals surface area contributed by atoms with E-state index >= 15 is 0 Å². The van der Waals surface area contributed by atoms with Crippen molar-refractivity contribution in [3.63, 3.8) is 0 Å². The Morgan fingerprint density at radius 2 is 1.22 bits per heavy atom. The third kappa shape index (κ3) is 3.53. The zero-order valence-corrected chi connectivity index (χ0v) is 25.0. The Morgan fingerprint density at radius 1 is 0.609 bits per heavy atom. The van der Waals surface area contributed by atoms with Crippen LogP contribution in [0.2, 0.25) is 0 Å². The molecule has 0 bridgehead atoms. The zero-order chi connectivity index (χ0) is 30.8. The molecule has 9 aromatic rings. The van der Waals surface area contributed by atoms with Gasteiger partial charge < -0.3 is 4.57 Å². The van der Waals surface area contributed by atoms with Crippen LogP contribution in [0.3, 0.4) is 0 Å². The van der Waals surface area contributed by atoms with Gasteiger partial charge in [0, 0.05) is 63.7 Å². The van der Waals surface area contributed by atoms with Gasteiger partial charge >= 0.3 is 0 Å². The van der Waals surface area contributed by atoms with Crippen LogP contribution in [0.15, 0.2) is 144 Å². The summed E-state index contributed by atoms with van der Waals surface area (Å²) in [6.45, 7) is 3.82. The van der Waals surface area contributed by atoms with Crippen LogP contribution in [0, 0.1) is 0 Å². The van der Waals surface area contributed by atoms with Gasteiger partial charge in [0.25, 0.3) is 0 Å². The minimum absolute atomic E-state index is 0.581. The Morgan fingerprint density at radius 3 is 1.91 bits per heavy atom. The van der Waals surface area contributed by atoms with Gasteiger partial charge in [0.15, 0.2) is 0 Å². The highest BCUT2D eigenvalue weighted by molar-refractivity contribution is 6.32. The summed E-state index contributed by atoms with van der Waals surface area (Å²) >= 11 is 0. The van der Waals surface area contributed by atoms with E-state index in [0.29, 0.717) is 11.9 Å². The fraction of sp³-hybridized carbons (Fsp3) is 0.0256. The highest BCUT2D eigenvalue weighted by Gasteiger charge is 2.25. The van der Waals surface area contributed by atoms with E-state index < -0.39 is 0 Å². The smallest absolute Gasteiger partial charge is 0.234 e. The van der Waals surface area contributed by atoms with Gasteiger partial charge in [-0.2, -0.15) is 0 Å². The van der Waals surface area contributed by atoms with Crippen LogP contribution in [-0.4, -0.2) is 42.9 Å². The van der Waals surface area contributed by atoms with Crippen molar-refractivity contribution in [2.24, 2.45) is 9.98 Å². The fourth-order valence-corrected chi connectivity index (χ4v) is 7.11. The molecule has 7 nitrogen and oxygen atoms in total. The maximum atomic E-state index is 4.84. The fourth-order valence-electron chi connectivity index (χ4n) is 7.11. The number of hydrogen-bond donors (Lipinski definition) is 0. The molecule has 218 valence electrons. The first-order chi connectivity index (χ1) is 22.8. The van der Waals surface area contributed by atoms with E-state index in [1.54, 1.807) is 19.3 Å². The molecule has 4 aromatic heterocycles. The number of hydrogen-bond acceptors (Lipinski definition) is 3. The highest BCUT2D eigenvalue weighted by Crippen LogP contribution is 2.45. The summed E-state index contributed by atoms with van der Waals surface area (Å²) in [7, 11) is 1.77. The quantitative estimate of drug-likeness (QED) is 0.152. The van der Waals surface area contributed by atoms with Crippen LogP contribution in [0.25, 0.3) is 77.1 Å². The monoisotopic (exact) mass is 593 g/mol. The molecule has 0 spiro atoms. The average Bonchev–Trinajstić information content (AvgIpc) is 3.75. The average molecular weight is 594 g/mol. The number of benzene rings is 5. The van der Waals surface area contributed by atoms with E-state index in [2.05, 4.69) is 133 Å². The molecule has 0 amide bonds. The van der Waals surface area contributed by atoms with Gasteiger partial charge in [0.05, 0.1) is 33.1 Å². The molecular formula is C39H27N7. The van der Waals surface area contributed by atoms with Crippen LogP contribution in [0.5, 0.6) is 0 Å². The third-order valence-electron chi connectivity index (χ3n) is 8.82. The molecule has 0 fully saturated rings. The Labute approximate surface area is 263 Å². The number of nitrogens with zero attached hydrogens (tertiary/aromatic N) is 7. The van der Waals surface area contributed by atoms with E-state index in [0.717, 1.165) is 65.7 Å². The molecule has 46 heavy (non-hydrogen) atoms. The normalized spacial score (nSPS) is 12.6. The van der Waals surface area contributed by atoms with Crippen molar-refractivity contribution in [3.05, 3.63) is 134 Å². The molecule has 0 unspecified atom stereocenters. The molecule has 0 saturated heterocycles. The molecular weight excluding hydrogens is 566 g/mol. The summed E-state index contributed by atoms with van der Waals surface area (Å²) in [5.41, 5.74) is 7.51. The Balaban J connectivity index is 1.55. The van der Waals surface area contributed by atoms with Gasteiger partial charge in [0.2, 0.25) is 11.9 Å². The van der Waals surface area contributed by atoms with Crippen molar-refractivity contribution in [1.82, 2.24) is 23.7 Å². The number of allylic oxidation sites excluding steroid dienone is 1. The van der Waals surface area contributed by atoms with Gasteiger partial charge in [-0.15, -0.1) is 0 Å². The maximum Gasteiger partial charge on any atom is 0.234 e. The standard InChI is InChI=1S/C39H27N7/c1-3-22-41-38(40-2)45-31-17-10-8-15-29(31)35-33(45)21-19-27-26-18-20-32-34(36(26)46(37(27)35)39-42-23-11-24-43-39)28-14-7-9-16-30(28)44(32)25-12-5-4-6-13-25/h3-24H,1H2,2H3/b40-38?,41-22-. The number of rotatable bonds is 3. The second kappa shape index (κ2) is 10.1. The first-order valence-corrected chi connectivity index (χ1v) is 15.2. The van der Waals surface area contributed by atoms with Crippen molar-refractivity contribution in [2.45, 2.75) is 0 Å². The number of aliphatic imine (C=N–C) groups is 2. The van der Waals surface area contributed by atoms with E-state index in [-0.39, 0.29) is 0 Å². The van der Waals surface area contributed by atoms with Crippen LogP contribution in [0.1, 0.15) is 0 Å².